The van der Waals surface area contributed by atoms with E-state index in [9.17, 15) is 9.59 Å². The molecule has 2 heterocycles. The van der Waals surface area contributed by atoms with Crippen LogP contribution in [0.15, 0.2) is 66.9 Å². The molecule has 0 aliphatic heterocycles. The van der Waals surface area contributed by atoms with E-state index in [0.717, 1.165) is 11.1 Å². The highest BCUT2D eigenvalue weighted by atomic mass is 16.2. The SMILES string of the molecule is CN(C(=O)c1cccc2c1nnn2C)[C@H](CCNC(=O)c1cccn1C)Cc1ccccc1. The summed E-state index contributed by atoms with van der Waals surface area (Å²) in [4.78, 5) is 27.8. The lowest BCUT2D eigenvalue weighted by Gasteiger charge is -2.29. The maximum atomic E-state index is 13.5. The van der Waals surface area contributed by atoms with Crippen LogP contribution >= 0.6 is 0 Å². The minimum absolute atomic E-state index is 0.111. The number of benzene rings is 2. The van der Waals surface area contributed by atoms with E-state index < -0.39 is 0 Å². The zero-order valence-electron chi connectivity index (χ0n) is 19.1. The van der Waals surface area contributed by atoms with Crippen LogP contribution in [0.25, 0.3) is 11.0 Å². The normalized spacial score (nSPS) is 12.0. The number of nitrogens with one attached hydrogen (secondary N) is 1. The standard InChI is InChI=1S/C25H28N6O2/c1-29-16-8-13-22(29)24(32)26-15-14-19(17-18-9-5-4-6-10-18)30(2)25(33)20-11-7-12-21-23(20)27-28-31(21)3/h4-13,16,19H,14-15,17H2,1-3H3,(H,26,32)/t19-/m1/s1. The van der Waals surface area contributed by atoms with Gasteiger partial charge in [-0.2, -0.15) is 0 Å². The van der Waals surface area contributed by atoms with Crippen LogP contribution in [0.4, 0.5) is 0 Å². The quantitative estimate of drug-likeness (QED) is 0.453. The number of carbonyl (C=O) groups excluding carboxylic acids is 2. The van der Waals surface area contributed by atoms with Crippen molar-refractivity contribution < 1.29 is 9.59 Å². The molecule has 0 spiro atoms. The molecule has 8 heteroatoms. The average molecular weight is 445 g/mol. The molecule has 2 aromatic carbocycles. The van der Waals surface area contributed by atoms with Crippen molar-refractivity contribution in [3.8, 4) is 0 Å². The lowest BCUT2D eigenvalue weighted by atomic mass is 10.0. The Hall–Kier alpha value is -3.94. The molecule has 0 radical (unpaired) electrons. The van der Waals surface area contributed by atoms with Gasteiger partial charge in [0.25, 0.3) is 11.8 Å². The van der Waals surface area contributed by atoms with Crippen LogP contribution in [0.1, 0.15) is 32.8 Å². The summed E-state index contributed by atoms with van der Waals surface area (Å²) in [5.41, 5.74) is 3.66. The van der Waals surface area contributed by atoms with Gasteiger partial charge in [0.05, 0.1) is 11.1 Å². The number of aromatic nitrogens is 4. The van der Waals surface area contributed by atoms with Crippen molar-refractivity contribution >= 4 is 22.8 Å². The van der Waals surface area contributed by atoms with E-state index in [1.54, 1.807) is 33.3 Å². The van der Waals surface area contributed by atoms with Crippen LogP contribution < -0.4 is 5.32 Å². The number of hydrogen-bond donors (Lipinski definition) is 1. The molecule has 0 bridgehead atoms. The summed E-state index contributed by atoms with van der Waals surface area (Å²) >= 11 is 0. The van der Waals surface area contributed by atoms with Crippen molar-refractivity contribution in [2.45, 2.75) is 18.9 Å². The number of carbonyl (C=O) groups is 2. The first kappa shape index (κ1) is 22.3. The summed E-state index contributed by atoms with van der Waals surface area (Å²) in [6.45, 7) is 0.453. The van der Waals surface area contributed by atoms with Gasteiger partial charge < -0.3 is 14.8 Å². The second-order valence-corrected chi connectivity index (χ2v) is 8.19. The topological polar surface area (TPSA) is 85.1 Å². The fourth-order valence-corrected chi connectivity index (χ4v) is 4.04. The number of aryl methyl sites for hydroxylation is 2. The Morgan fingerprint density at radius 3 is 2.55 bits per heavy atom. The zero-order valence-corrected chi connectivity index (χ0v) is 19.1. The monoisotopic (exact) mass is 444 g/mol. The predicted molar refractivity (Wildman–Crippen MR) is 127 cm³/mol. The molecule has 4 rings (SSSR count). The number of rotatable bonds is 8. The molecule has 4 aromatic rings. The second kappa shape index (κ2) is 9.68. The highest BCUT2D eigenvalue weighted by molar-refractivity contribution is 6.04. The van der Waals surface area contributed by atoms with Gasteiger partial charge in [0.2, 0.25) is 0 Å². The van der Waals surface area contributed by atoms with Crippen molar-refractivity contribution in [3.63, 3.8) is 0 Å². The first-order chi connectivity index (χ1) is 16.0. The first-order valence-electron chi connectivity index (χ1n) is 10.9. The van der Waals surface area contributed by atoms with E-state index in [2.05, 4.69) is 27.8 Å². The predicted octanol–water partition coefficient (Wildman–Crippen LogP) is 2.81. The Kier molecular flexibility index (Phi) is 6.53. The van der Waals surface area contributed by atoms with E-state index in [-0.39, 0.29) is 17.9 Å². The Morgan fingerprint density at radius 2 is 1.82 bits per heavy atom. The zero-order chi connectivity index (χ0) is 23.4. The number of nitrogens with zero attached hydrogens (tertiary/aromatic N) is 5. The number of amides is 2. The number of hydrogen-bond acceptors (Lipinski definition) is 4. The molecule has 0 fully saturated rings. The van der Waals surface area contributed by atoms with E-state index in [1.165, 1.54) is 0 Å². The molecule has 33 heavy (non-hydrogen) atoms. The van der Waals surface area contributed by atoms with Crippen molar-refractivity contribution in [2.24, 2.45) is 14.1 Å². The number of fused-ring (bicyclic) bond motifs is 1. The largest absolute Gasteiger partial charge is 0.351 e. The molecule has 8 nitrogen and oxygen atoms in total. The van der Waals surface area contributed by atoms with Crippen molar-refractivity contribution in [3.05, 3.63) is 83.7 Å². The summed E-state index contributed by atoms with van der Waals surface area (Å²) < 4.78 is 3.45. The van der Waals surface area contributed by atoms with Gasteiger partial charge >= 0.3 is 0 Å². The van der Waals surface area contributed by atoms with E-state index in [0.29, 0.717) is 36.2 Å². The van der Waals surface area contributed by atoms with Crippen LogP contribution in [0.3, 0.4) is 0 Å². The third kappa shape index (κ3) is 4.79. The van der Waals surface area contributed by atoms with Gasteiger partial charge in [0, 0.05) is 39.9 Å². The minimum Gasteiger partial charge on any atom is -0.351 e. The molecule has 2 aromatic heterocycles. The maximum Gasteiger partial charge on any atom is 0.267 e. The fraction of sp³-hybridized carbons (Fsp3) is 0.280. The third-order valence-electron chi connectivity index (χ3n) is 5.99. The van der Waals surface area contributed by atoms with Gasteiger partial charge in [-0.25, -0.2) is 4.68 Å². The van der Waals surface area contributed by atoms with E-state index >= 15 is 0 Å². The Morgan fingerprint density at radius 1 is 1.03 bits per heavy atom. The van der Waals surface area contributed by atoms with Crippen LogP contribution in [0.2, 0.25) is 0 Å². The summed E-state index contributed by atoms with van der Waals surface area (Å²) in [5, 5.41) is 11.2. The molecular weight excluding hydrogens is 416 g/mol. The molecule has 1 atom stereocenters. The lowest BCUT2D eigenvalue weighted by molar-refractivity contribution is 0.0724. The van der Waals surface area contributed by atoms with Crippen LogP contribution in [0.5, 0.6) is 0 Å². The molecule has 0 aliphatic carbocycles. The average Bonchev–Trinajstić information content (AvgIpc) is 3.43. The molecule has 2 amide bonds. The van der Waals surface area contributed by atoms with Crippen LogP contribution in [0, 0.1) is 0 Å². The lowest BCUT2D eigenvalue weighted by Crippen LogP contribution is -2.41. The summed E-state index contributed by atoms with van der Waals surface area (Å²) in [7, 11) is 5.46. The molecule has 0 unspecified atom stereocenters. The summed E-state index contributed by atoms with van der Waals surface area (Å²) in [6.07, 6.45) is 3.13. The molecule has 1 N–H and O–H groups in total. The Balaban J connectivity index is 1.52. The molecular formula is C25H28N6O2. The molecule has 170 valence electrons. The third-order valence-corrected chi connectivity index (χ3v) is 5.99. The van der Waals surface area contributed by atoms with Gasteiger partial charge in [-0.15, -0.1) is 5.10 Å². The maximum absolute atomic E-state index is 13.5. The van der Waals surface area contributed by atoms with Crippen LogP contribution in [-0.2, 0) is 20.5 Å². The van der Waals surface area contributed by atoms with Crippen molar-refractivity contribution in [1.29, 1.82) is 0 Å². The van der Waals surface area contributed by atoms with Crippen LogP contribution in [-0.4, -0.2) is 55.9 Å². The molecule has 0 saturated carbocycles. The Labute approximate surface area is 192 Å². The van der Waals surface area contributed by atoms with Gasteiger partial charge in [-0.1, -0.05) is 41.6 Å². The number of likely N-dealkylation sites (N-methyl/N-ethyl adjacent to an activating group) is 1. The summed E-state index contributed by atoms with van der Waals surface area (Å²) in [6, 6.07) is 19.1. The smallest absolute Gasteiger partial charge is 0.267 e. The fourth-order valence-electron chi connectivity index (χ4n) is 4.04. The van der Waals surface area contributed by atoms with Gasteiger partial charge in [-0.3, -0.25) is 9.59 Å². The highest BCUT2D eigenvalue weighted by Crippen LogP contribution is 2.20. The molecule has 0 aliphatic rings. The van der Waals surface area contributed by atoms with Gasteiger partial charge in [0.15, 0.2) is 0 Å². The van der Waals surface area contributed by atoms with Gasteiger partial charge in [-0.05, 0) is 42.7 Å². The van der Waals surface area contributed by atoms with Crippen molar-refractivity contribution in [1.82, 2.24) is 29.8 Å². The highest BCUT2D eigenvalue weighted by Gasteiger charge is 2.24. The van der Waals surface area contributed by atoms with Gasteiger partial charge in [0.1, 0.15) is 11.2 Å². The Bertz CT molecular complexity index is 1260. The van der Waals surface area contributed by atoms with E-state index in [4.69, 9.17) is 0 Å². The van der Waals surface area contributed by atoms with E-state index in [1.807, 2.05) is 56.7 Å². The molecule has 0 saturated heterocycles. The van der Waals surface area contributed by atoms with Crippen molar-refractivity contribution in [2.75, 3.05) is 13.6 Å². The summed E-state index contributed by atoms with van der Waals surface area (Å²) in [5.74, 6) is -0.241. The second-order valence-electron chi connectivity index (χ2n) is 8.19. The minimum atomic E-state index is -0.126. The first-order valence-corrected chi connectivity index (χ1v) is 10.9.